The Bertz CT molecular complexity index is 1390. The van der Waals surface area contributed by atoms with Crippen molar-refractivity contribution in [2.24, 2.45) is 5.92 Å². The van der Waals surface area contributed by atoms with Gasteiger partial charge in [0.15, 0.2) is 11.5 Å². The van der Waals surface area contributed by atoms with Crippen LogP contribution in [-0.2, 0) is 11.3 Å². The number of halogens is 1. The summed E-state index contributed by atoms with van der Waals surface area (Å²) in [6.45, 7) is 1.92. The minimum absolute atomic E-state index is 0. The fraction of sp³-hybridized carbons (Fsp3) is 0.304. The second-order valence-corrected chi connectivity index (χ2v) is 8.47. The van der Waals surface area contributed by atoms with Gasteiger partial charge in [0.1, 0.15) is 12.1 Å². The zero-order valence-electron chi connectivity index (χ0n) is 19.1. The van der Waals surface area contributed by atoms with E-state index in [0.717, 1.165) is 33.7 Å². The van der Waals surface area contributed by atoms with E-state index in [4.69, 9.17) is 19.4 Å². The van der Waals surface area contributed by atoms with Gasteiger partial charge in [0.25, 0.3) is 0 Å². The van der Waals surface area contributed by atoms with Crippen LogP contribution in [0.2, 0.25) is 0 Å². The highest BCUT2D eigenvalue weighted by Gasteiger charge is 2.26. The number of hydrogen-bond acceptors (Lipinski definition) is 10. The average molecular weight is 511 g/mol. The maximum absolute atomic E-state index is 11.4. The lowest BCUT2D eigenvalue weighted by molar-refractivity contribution is -0.142. The molecule has 186 valence electrons. The largest absolute Gasteiger partial charge is 0.481 e. The van der Waals surface area contributed by atoms with E-state index in [1.165, 1.54) is 6.33 Å². The topological polar surface area (TPSA) is 140 Å². The number of tetrazole rings is 1. The standard InChI is InChI=1S/C23H22N8O4.ClH/c32-22(33)15-5-7-30(8-6-15)23-26-18-3-2-16(31-12-25-28-29-31)10-17(18)21(27-23)24-11-14-1-4-19-20(9-14)35-13-34-19;/h1-4,9-10,12,15H,5-8,11,13H2,(H,32,33)(H,24,26,27);1H. The first-order chi connectivity index (χ1) is 17.1. The van der Waals surface area contributed by atoms with Crippen LogP contribution in [0.5, 0.6) is 11.5 Å². The van der Waals surface area contributed by atoms with E-state index in [1.807, 2.05) is 41.3 Å². The normalized spacial score (nSPS) is 15.1. The number of benzene rings is 2. The highest BCUT2D eigenvalue weighted by molar-refractivity contribution is 5.91. The van der Waals surface area contributed by atoms with Gasteiger partial charge >= 0.3 is 5.97 Å². The van der Waals surface area contributed by atoms with E-state index >= 15 is 0 Å². The second-order valence-electron chi connectivity index (χ2n) is 8.47. The van der Waals surface area contributed by atoms with Gasteiger partial charge in [0.2, 0.25) is 12.7 Å². The molecule has 0 atom stereocenters. The van der Waals surface area contributed by atoms with E-state index in [-0.39, 0.29) is 25.1 Å². The maximum Gasteiger partial charge on any atom is 0.306 e. The zero-order chi connectivity index (χ0) is 23.8. The number of anilines is 2. The van der Waals surface area contributed by atoms with Crippen LogP contribution in [0.1, 0.15) is 18.4 Å². The molecule has 6 rings (SSSR count). The predicted molar refractivity (Wildman–Crippen MR) is 132 cm³/mol. The van der Waals surface area contributed by atoms with Gasteiger partial charge in [0.05, 0.1) is 17.1 Å². The smallest absolute Gasteiger partial charge is 0.306 e. The first kappa shape index (κ1) is 23.5. The van der Waals surface area contributed by atoms with Crippen molar-refractivity contribution < 1.29 is 19.4 Å². The predicted octanol–water partition coefficient (Wildman–Crippen LogP) is 2.67. The highest BCUT2D eigenvalue weighted by Crippen LogP contribution is 2.33. The maximum atomic E-state index is 11.4. The van der Waals surface area contributed by atoms with Crippen molar-refractivity contribution in [2.75, 3.05) is 30.1 Å². The molecular weight excluding hydrogens is 488 g/mol. The summed E-state index contributed by atoms with van der Waals surface area (Å²) in [5.74, 6) is 1.63. The number of nitrogens with one attached hydrogen (secondary N) is 1. The number of piperidine rings is 1. The summed E-state index contributed by atoms with van der Waals surface area (Å²) < 4.78 is 12.5. The Balaban J connectivity index is 0.00000267. The summed E-state index contributed by atoms with van der Waals surface area (Å²) in [7, 11) is 0. The molecule has 1 saturated heterocycles. The minimum Gasteiger partial charge on any atom is -0.481 e. The fourth-order valence-electron chi connectivity index (χ4n) is 4.37. The first-order valence-corrected chi connectivity index (χ1v) is 11.3. The van der Waals surface area contributed by atoms with Gasteiger partial charge in [-0.2, -0.15) is 4.98 Å². The molecule has 13 heteroatoms. The molecule has 0 spiro atoms. The Morgan fingerprint density at radius 1 is 1.08 bits per heavy atom. The molecule has 2 aliphatic rings. The Labute approximate surface area is 211 Å². The van der Waals surface area contributed by atoms with Crippen LogP contribution >= 0.6 is 12.4 Å². The highest BCUT2D eigenvalue weighted by atomic mass is 35.5. The quantitative estimate of drug-likeness (QED) is 0.395. The van der Waals surface area contributed by atoms with Crippen molar-refractivity contribution in [3.8, 4) is 17.2 Å². The van der Waals surface area contributed by atoms with Crippen molar-refractivity contribution in [3.05, 3.63) is 48.3 Å². The molecule has 2 aromatic carbocycles. The SMILES string of the molecule is Cl.O=C(O)C1CCN(c2nc(NCc3ccc4c(c3)OCO4)c3cc(-n4cnnn4)ccc3n2)CC1. The Hall–Kier alpha value is -4.19. The summed E-state index contributed by atoms with van der Waals surface area (Å²) in [6, 6.07) is 11.6. The molecule has 0 radical (unpaired) electrons. The fourth-order valence-corrected chi connectivity index (χ4v) is 4.37. The molecule has 36 heavy (non-hydrogen) atoms. The van der Waals surface area contributed by atoms with E-state index in [2.05, 4.69) is 20.8 Å². The molecular formula is C23H23ClN8O4. The Kier molecular flexibility index (Phi) is 6.42. The second kappa shape index (κ2) is 9.82. The number of ether oxygens (including phenoxy) is 2. The van der Waals surface area contributed by atoms with Crippen LogP contribution in [0, 0.1) is 5.92 Å². The summed E-state index contributed by atoms with van der Waals surface area (Å²) in [5, 5.41) is 25.0. The number of carboxylic acid groups (broad SMARTS) is 1. The molecule has 0 aliphatic carbocycles. The van der Waals surface area contributed by atoms with Crippen LogP contribution in [-0.4, -0.2) is 61.1 Å². The monoisotopic (exact) mass is 510 g/mol. The van der Waals surface area contributed by atoms with Crippen LogP contribution in [0.3, 0.4) is 0 Å². The van der Waals surface area contributed by atoms with Crippen molar-refractivity contribution in [2.45, 2.75) is 19.4 Å². The molecule has 0 amide bonds. The molecule has 12 nitrogen and oxygen atoms in total. The third-order valence-electron chi connectivity index (χ3n) is 6.31. The lowest BCUT2D eigenvalue weighted by atomic mass is 9.97. The van der Waals surface area contributed by atoms with Gasteiger partial charge in [-0.3, -0.25) is 4.79 Å². The number of nitrogens with zero attached hydrogens (tertiary/aromatic N) is 7. The number of aliphatic carboxylic acids is 1. The number of hydrogen-bond donors (Lipinski definition) is 2. The van der Waals surface area contributed by atoms with Gasteiger partial charge in [0, 0.05) is 25.0 Å². The van der Waals surface area contributed by atoms with Gasteiger partial charge in [-0.05, 0) is 59.2 Å². The number of carbonyl (C=O) groups is 1. The van der Waals surface area contributed by atoms with E-state index < -0.39 is 5.97 Å². The van der Waals surface area contributed by atoms with Crippen molar-refractivity contribution in [1.29, 1.82) is 0 Å². The lowest BCUT2D eigenvalue weighted by Crippen LogP contribution is -2.37. The van der Waals surface area contributed by atoms with Crippen molar-refractivity contribution in [1.82, 2.24) is 30.2 Å². The summed E-state index contributed by atoms with van der Waals surface area (Å²) in [5.41, 5.74) is 2.56. The molecule has 4 aromatic rings. The first-order valence-electron chi connectivity index (χ1n) is 11.3. The molecule has 0 bridgehead atoms. The number of aromatic nitrogens is 6. The van der Waals surface area contributed by atoms with Crippen molar-refractivity contribution in [3.63, 3.8) is 0 Å². The van der Waals surface area contributed by atoms with E-state index in [9.17, 15) is 9.90 Å². The van der Waals surface area contributed by atoms with Gasteiger partial charge in [-0.15, -0.1) is 17.5 Å². The molecule has 0 unspecified atom stereocenters. The molecule has 1 fully saturated rings. The van der Waals surface area contributed by atoms with Gasteiger partial charge in [-0.25, -0.2) is 9.67 Å². The third kappa shape index (κ3) is 4.54. The molecule has 4 heterocycles. The lowest BCUT2D eigenvalue weighted by Gasteiger charge is -2.30. The number of rotatable bonds is 6. The van der Waals surface area contributed by atoms with E-state index in [0.29, 0.717) is 44.2 Å². The van der Waals surface area contributed by atoms with Crippen LogP contribution < -0.4 is 19.7 Å². The zero-order valence-corrected chi connectivity index (χ0v) is 19.9. The molecule has 2 aliphatic heterocycles. The molecule has 2 aromatic heterocycles. The van der Waals surface area contributed by atoms with Crippen molar-refractivity contribution >= 4 is 41.0 Å². The summed E-state index contributed by atoms with van der Waals surface area (Å²) in [4.78, 5) is 23.0. The minimum atomic E-state index is -0.745. The van der Waals surface area contributed by atoms with Gasteiger partial charge in [-0.1, -0.05) is 6.07 Å². The van der Waals surface area contributed by atoms with Gasteiger partial charge < -0.3 is 24.8 Å². The molecule has 0 saturated carbocycles. The Morgan fingerprint density at radius 3 is 2.69 bits per heavy atom. The Morgan fingerprint density at radius 2 is 1.92 bits per heavy atom. The van der Waals surface area contributed by atoms with Crippen LogP contribution in [0.15, 0.2) is 42.7 Å². The number of carboxylic acids is 1. The average Bonchev–Trinajstić information content (AvgIpc) is 3.59. The summed E-state index contributed by atoms with van der Waals surface area (Å²) in [6.07, 6.45) is 2.66. The number of fused-ring (bicyclic) bond motifs is 2. The summed E-state index contributed by atoms with van der Waals surface area (Å²) >= 11 is 0. The third-order valence-corrected chi connectivity index (χ3v) is 6.31. The van der Waals surface area contributed by atoms with E-state index in [1.54, 1.807) is 4.68 Å². The van der Waals surface area contributed by atoms with Crippen LogP contribution in [0.4, 0.5) is 11.8 Å². The van der Waals surface area contributed by atoms with Crippen LogP contribution in [0.25, 0.3) is 16.6 Å². The molecule has 2 N–H and O–H groups in total.